The standard InChI is InChI=1S/C14H22N4O4S/c1-17(2)23(21,22)8-9-6-18(7-12(9)19)14(20)13-10-4-3-5-11(10)15-16-13/h9,12,19H,3-8H2,1-2H3,(H,15,16)/t9-,12-/m0/s1. The summed E-state index contributed by atoms with van der Waals surface area (Å²) in [5.41, 5.74) is 2.40. The van der Waals surface area contributed by atoms with E-state index < -0.39 is 22.0 Å². The molecule has 1 fully saturated rings. The van der Waals surface area contributed by atoms with E-state index in [0.717, 1.165) is 34.8 Å². The molecule has 0 unspecified atom stereocenters. The van der Waals surface area contributed by atoms with Gasteiger partial charge in [-0.2, -0.15) is 5.10 Å². The summed E-state index contributed by atoms with van der Waals surface area (Å²) >= 11 is 0. The lowest BCUT2D eigenvalue weighted by atomic mass is 10.1. The smallest absolute Gasteiger partial charge is 0.274 e. The molecule has 2 atom stereocenters. The number of β-amino-alcohol motifs (C(OH)–C–C–N with tert-alkyl or cyclic N) is 1. The number of fused-ring (bicyclic) bond motifs is 1. The monoisotopic (exact) mass is 342 g/mol. The van der Waals surface area contributed by atoms with Gasteiger partial charge in [0.1, 0.15) is 0 Å². The number of aromatic amines is 1. The van der Waals surface area contributed by atoms with Crippen LogP contribution in [0.3, 0.4) is 0 Å². The predicted molar refractivity (Wildman–Crippen MR) is 83.5 cm³/mol. The summed E-state index contributed by atoms with van der Waals surface area (Å²) < 4.78 is 25.1. The van der Waals surface area contributed by atoms with Crippen LogP contribution in [-0.2, 0) is 22.9 Å². The van der Waals surface area contributed by atoms with Crippen molar-refractivity contribution in [3.8, 4) is 0 Å². The van der Waals surface area contributed by atoms with E-state index in [0.29, 0.717) is 5.69 Å². The topological polar surface area (TPSA) is 107 Å². The Bertz CT molecular complexity index is 712. The minimum Gasteiger partial charge on any atom is -0.391 e. The number of hydrogen-bond acceptors (Lipinski definition) is 5. The quantitative estimate of drug-likeness (QED) is 0.747. The number of amides is 1. The van der Waals surface area contributed by atoms with Gasteiger partial charge in [-0.1, -0.05) is 0 Å². The van der Waals surface area contributed by atoms with Gasteiger partial charge in [-0.15, -0.1) is 0 Å². The fraction of sp³-hybridized carbons (Fsp3) is 0.714. The molecule has 1 saturated heterocycles. The zero-order valence-corrected chi connectivity index (χ0v) is 14.1. The number of aliphatic hydroxyl groups excluding tert-OH is 1. The van der Waals surface area contributed by atoms with Crippen molar-refractivity contribution in [2.45, 2.75) is 25.4 Å². The second-order valence-electron chi connectivity index (χ2n) is 6.48. The zero-order valence-electron chi connectivity index (χ0n) is 13.3. The number of rotatable bonds is 4. The molecule has 8 nitrogen and oxygen atoms in total. The molecule has 128 valence electrons. The highest BCUT2D eigenvalue weighted by molar-refractivity contribution is 7.89. The largest absolute Gasteiger partial charge is 0.391 e. The van der Waals surface area contributed by atoms with E-state index in [1.807, 2.05) is 0 Å². The molecule has 3 rings (SSSR count). The predicted octanol–water partition coefficient (Wildman–Crippen LogP) is -0.777. The zero-order chi connectivity index (χ0) is 16.8. The number of likely N-dealkylation sites (tertiary alicyclic amines) is 1. The van der Waals surface area contributed by atoms with Crippen molar-refractivity contribution in [3.05, 3.63) is 17.0 Å². The number of aryl methyl sites for hydroxylation is 1. The van der Waals surface area contributed by atoms with Crippen LogP contribution in [0.25, 0.3) is 0 Å². The fourth-order valence-electron chi connectivity index (χ4n) is 3.25. The summed E-state index contributed by atoms with van der Waals surface area (Å²) in [6.45, 7) is 0.378. The number of carbonyl (C=O) groups excluding carboxylic acids is 1. The molecule has 2 heterocycles. The number of sulfonamides is 1. The van der Waals surface area contributed by atoms with E-state index in [2.05, 4.69) is 10.2 Å². The van der Waals surface area contributed by atoms with Crippen LogP contribution in [0, 0.1) is 5.92 Å². The van der Waals surface area contributed by atoms with Crippen molar-refractivity contribution in [2.75, 3.05) is 32.9 Å². The van der Waals surface area contributed by atoms with Gasteiger partial charge in [-0.25, -0.2) is 12.7 Å². The lowest BCUT2D eigenvalue weighted by molar-refractivity contribution is 0.0758. The van der Waals surface area contributed by atoms with Crippen LogP contribution in [0.5, 0.6) is 0 Å². The number of aliphatic hydroxyl groups is 1. The molecule has 0 saturated carbocycles. The first kappa shape index (κ1) is 16.4. The van der Waals surface area contributed by atoms with Gasteiger partial charge in [0, 0.05) is 44.4 Å². The minimum absolute atomic E-state index is 0.147. The van der Waals surface area contributed by atoms with Gasteiger partial charge in [0.25, 0.3) is 5.91 Å². The number of H-pyrrole nitrogens is 1. The highest BCUT2D eigenvalue weighted by Crippen LogP contribution is 2.26. The molecule has 0 bridgehead atoms. The Morgan fingerprint density at radius 3 is 2.83 bits per heavy atom. The summed E-state index contributed by atoms with van der Waals surface area (Å²) in [5.74, 6) is -0.865. The molecule has 9 heteroatoms. The Balaban J connectivity index is 1.72. The van der Waals surface area contributed by atoms with Crippen molar-refractivity contribution in [1.82, 2.24) is 19.4 Å². The van der Waals surface area contributed by atoms with Crippen LogP contribution in [-0.4, -0.2) is 77.9 Å². The number of nitrogens with one attached hydrogen (secondary N) is 1. The lowest BCUT2D eigenvalue weighted by Crippen LogP contribution is -2.33. The maximum Gasteiger partial charge on any atom is 0.274 e. The van der Waals surface area contributed by atoms with Gasteiger partial charge in [0.05, 0.1) is 11.9 Å². The van der Waals surface area contributed by atoms with Crippen LogP contribution >= 0.6 is 0 Å². The molecule has 1 aliphatic heterocycles. The lowest BCUT2D eigenvalue weighted by Gasteiger charge is -2.17. The third-order valence-corrected chi connectivity index (χ3v) is 6.65. The molecule has 1 amide bonds. The van der Waals surface area contributed by atoms with Gasteiger partial charge < -0.3 is 10.0 Å². The van der Waals surface area contributed by atoms with Crippen molar-refractivity contribution >= 4 is 15.9 Å². The molecular formula is C14H22N4O4S. The third-order valence-electron chi connectivity index (χ3n) is 4.68. The van der Waals surface area contributed by atoms with E-state index in [1.54, 1.807) is 0 Å². The van der Waals surface area contributed by atoms with Gasteiger partial charge >= 0.3 is 0 Å². The number of nitrogens with zero attached hydrogens (tertiary/aromatic N) is 3. The van der Waals surface area contributed by atoms with E-state index in [-0.39, 0.29) is 24.7 Å². The van der Waals surface area contributed by atoms with Gasteiger partial charge in [-0.05, 0) is 19.3 Å². The molecule has 2 N–H and O–H groups in total. The first-order valence-corrected chi connectivity index (χ1v) is 9.34. The van der Waals surface area contributed by atoms with Crippen LogP contribution < -0.4 is 0 Å². The number of hydrogen-bond donors (Lipinski definition) is 2. The summed E-state index contributed by atoms with van der Waals surface area (Å²) in [4.78, 5) is 14.1. The molecule has 1 aromatic rings. The SMILES string of the molecule is CN(C)S(=O)(=O)C[C@@H]1CN(C(=O)c2n[nH]c3c2CCC3)C[C@@H]1O. The molecule has 1 aromatic heterocycles. The second-order valence-corrected chi connectivity index (χ2v) is 8.71. The summed E-state index contributed by atoms with van der Waals surface area (Å²) in [6, 6.07) is 0. The van der Waals surface area contributed by atoms with Crippen molar-refractivity contribution in [3.63, 3.8) is 0 Å². The van der Waals surface area contributed by atoms with Crippen molar-refractivity contribution in [2.24, 2.45) is 5.92 Å². The second kappa shape index (κ2) is 5.88. The summed E-state index contributed by atoms with van der Waals surface area (Å²) in [7, 11) is -0.484. The average Bonchev–Trinajstić information content (AvgIpc) is 3.14. The summed E-state index contributed by atoms with van der Waals surface area (Å²) in [5, 5.41) is 17.2. The first-order valence-electron chi connectivity index (χ1n) is 7.73. The van der Waals surface area contributed by atoms with E-state index >= 15 is 0 Å². The summed E-state index contributed by atoms with van der Waals surface area (Å²) in [6.07, 6.45) is 1.92. The van der Waals surface area contributed by atoms with Gasteiger partial charge in [0.15, 0.2) is 5.69 Å². The maximum absolute atomic E-state index is 12.6. The van der Waals surface area contributed by atoms with Crippen molar-refractivity contribution < 1.29 is 18.3 Å². The Labute approximate surface area is 135 Å². The minimum atomic E-state index is -3.41. The van der Waals surface area contributed by atoms with Crippen molar-refractivity contribution in [1.29, 1.82) is 0 Å². The Morgan fingerprint density at radius 1 is 1.39 bits per heavy atom. The Kier molecular flexibility index (Phi) is 4.19. The highest BCUT2D eigenvalue weighted by Gasteiger charge is 2.39. The third kappa shape index (κ3) is 3.00. The molecule has 1 aliphatic carbocycles. The Hall–Kier alpha value is -1.45. The first-order chi connectivity index (χ1) is 10.8. The van der Waals surface area contributed by atoms with Crippen LogP contribution in [0.1, 0.15) is 28.2 Å². The average molecular weight is 342 g/mol. The van der Waals surface area contributed by atoms with E-state index in [4.69, 9.17) is 0 Å². The normalized spacial score (nSPS) is 24.4. The van der Waals surface area contributed by atoms with Crippen LogP contribution in [0.2, 0.25) is 0 Å². The number of carbonyl (C=O) groups is 1. The fourth-order valence-corrected chi connectivity index (χ4v) is 4.42. The highest BCUT2D eigenvalue weighted by atomic mass is 32.2. The number of aromatic nitrogens is 2. The molecule has 0 spiro atoms. The molecule has 2 aliphatic rings. The molecule has 0 aromatic carbocycles. The molecular weight excluding hydrogens is 320 g/mol. The van der Waals surface area contributed by atoms with Gasteiger partial charge in [-0.3, -0.25) is 9.89 Å². The molecule has 23 heavy (non-hydrogen) atoms. The van der Waals surface area contributed by atoms with Gasteiger partial charge in [0.2, 0.25) is 10.0 Å². The molecule has 0 radical (unpaired) electrons. The van der Waals surface area contributed by atoms with Crippen LogP contribution in [0.4, 0.5) is 0 Å². The Morgan fingerprint density at radius 2 is 2.13 bits per heavy atom. The van der Waals surface area contributed by atoms with Crippen LogP contribution in [0.15, 0.2) is 0 Å². The van der Waals surface area contributed by atoms with E-state index in [9.17, 15) is 18.3 Å². The van der Waals surface area contributed by atoms with E-state index in [1.165, 1.54) is 19.0 Å². The maximum atomic E-state index is 12.6.